The number of nitrogens with two attached hydrogens (primary N) is 1. The molecule has 11 heteroatoms. The summed E-state index contributed by atoms with van der Waals surface area (Å²) in [5, 5.41) is 32.2. The number of carbonyl (C=O) groups excluding carboxylic acids is 4. The van der Waals surface area contributed by atoms with Gasteiger partial charge in [-0.25, -0.2) is 4.79 Å². The Hall–Kier alpha value is -5.13. The van der Waals surface area contributed by atoms with Crippen LogP contribution < -0.4 is 20.9 Å². The van der Waals surface area contributed by atoms with Gasteiger partial charge in [0.2, 0.25) is 22.9 Å². The van der Waals surface area contributed by atoms with Crippen LogP contribution in [0.25, 0.3) is 32.9 Å². The highest BCUT2D eigenvalue weighted by Crippen LogP contribution is 2.67. The zero-order valence-electron chi connectivity index (χ0n) is 33.0. The van der Waals surface area contributed by atoms with Crippen molar-refractivity contribution in [3.63, 3.8) is 0 Å². The van der Waals surface area contributed by atoms with E-state index < -0.39 is 35.6 Å². The molecule has 3 aromatic carbocycles. The number of allylic oxidation sites excluding steroid dienone is 1. The number of nitrogen functional groups attached to an aromatic ring is 1. The second-order valence-electron chi connectivity index (χ2n) is 17.2. The van der Waals surface area contributed by atoms with Gasteiger partial charge < -0.3 is 31.3 Å². The van der Waals surface area contributed by atoms with E-state index >= 15 is 0 Å². The van der Waals surface area contributed by atoms with Crippen LogP contribution in [0.5, 0.6) is 0 Å². The minimum atomic E-state index is -1.75. The van der Waals surface area contributed by atoms with Crippen molar-refractivity contribution in [2.24, 2.45) is 28.6 Å². The third-order valence-electron chi connectivity index (χ3n) is 14.3. The van der Waals surface area contributed by atoms with E-state index in [1.165, 1.54) is 0 Å². The van der Waals surface area contributed by atoms with Crippen LogP contribution in [0.3, 0.4) is 0 Å². The maximum atomic E-state index is 13.7. The number of nitrogens with one attached hydrogen (secondary N) is 2. The van der Waals surface area contributed by atoms with Gasteiger partial charge in [0, 0.05) is 53.2 Å². The van der Waals surface area contributed by atoms with Crippen molar-refractivity contribution in [1.29, 1.82) is 0 Å². The predicted molar refractivity (Wildman–Crippen MR) is 218 cm³/mol. The van der Waals surface area contributed by atoms with Crippen LogP contribution in [0.1, 0.15) is 72.1 Å². The number of anilines is 2. The third-order valence-corrected chi connectivity index (χ3v) is 14.3. The minimum absolute atomic E-state index is 0.0156. The number of carbonyl (C=O) groups is 4. The van der Waals surface area contributed by atoms with E-state index in [9.17, 15) is 29.4 Å². The Kier molecular flexibility index (Phi) is 9.97. The molecule has 4 aromatic rings. The number of aliphatic hydroxyl groups excluding tert-OH is 1. The van der Waals surface area contributed by atoms with E-state index in [0.717, 1.165) is 51.3 Å². The lowest BCUT2D eigenvalue weighted by Crippen LogP contribution is -2.62. The SMILES string of the molecule is CC[n+]1c(-c2ccccc2)c2cc(NC(=O)CCNC(=O)OCC(=O)[C@@]3(O)CCC4C5CCC6=CC(=O)CCC6(C)C5C(O)CC43C)ccc2c2ccc(N)cc21. The largest absolute Gasteiger partial charge is 0.441 e. The first-order chi connectivity index (χ1) is 27.3. The first kappa shape index (κ1) is 38.7. The molecule has 11 nitrogen and oxygen atoms in total. The molecule has 7 atom stereocenters. The number of rotatable bonds is 9. The number of aliphatic hydroxyl groups is 2. The number of aryl methyl sites for hydroxylation is 1. The number of benzene rings is 3. The van der Waals surface area contributed by atoms with Gasteiger partial charge in [0.15, 0.2) is 12.4 Å². The Morgan fingerprint density at radius 3 is 2.51 bits per heavy atom. The van der Waals surface area contributed by atoms with E-state index in [4.69, 9.17) is 10.5 Å². The number of nitrogens with zero attached hydrogens (tertiary/aromatic N) is 1. The highest BCUT2D eigenvalue weighted by molar-refractivity contribution is 6.11. The molecule has 6 N–H and O–H groups in total. The second-order valence-corrected chi connectivity index (χ2v) is 17.2. The maximum absolute atomic E-state index is 13.7. The van der Waals surface area contributed by atoms with Gasteiger partial charge >= 0.3 is 6.09 Å². The Morgan fingerprint density at radius 2 is 1.74 bits per heavy atom. The molecule has 4 aliphatic rings. The normalized spacial score (nSPS) is 29.2. The summed E-state index contributed by atoms with van der Waals surface area (Å²) in [5.41, 5.74) is 8.79. The zero-order valence-corrected chi connectivity index (χ0v) is 33.0. The maximum Gasteiger partial charge on any atom is 0.407 e. The standard InChI is InChI=1S/C46H52N4O7/c1-4-50-37-23-29(47)11-14-33(37)32-15-12-30(24-35(32)42(50)27-8-6-5-7-9-27)49-40(54)18-21-48-43(55)57-26-39(53)46(56)20-17-36-34-13-10-28-22-31(51)16-19-44(28,2)41(34)38(52)25-45(36,46)3/h5-9,11-12,14-15,22-24,34,36,38,41,47,52,56H,4,10,13,16-21,25-26H2,1-3H3,(H2,48,49,54,55)/p+1/t34?,36?,38?,41?,44?,45?,46-/m0/s1. The molecule has 3 fully saturated rings. The highest BCUT2D eigenvalue weighted by Gasteiger charge is 2.68. The van der Waals surface area contributed by atoms with Crippen molar-refractivity contribution in [3.05, 3.63) is 78.4 Å². The average Bonchev–Trinajstić information content (AvgIpc) is 3.46. The molecular weight excluding hydrogens is 721 g/mol. The van der Waals surface area contributed by atoms with Crippen molar-refractivity contribution in [2.75, 3.05) is 24.2 Å². The molecule has 3 saturated carbocycles. The Labute approximate surface area is 332 Å². The van der Waals surface area contributed by atoms with Gasteiger partial charge in [-0.05, 0) is 111 Å². The van der Waals surface area contributed by atoms with Gasteiger partial charge in [0.25, 0.3) is 0 Å². The second kappa shape index (κ2) is 14.7. The molecule has 6 unspecified atom stereocenters. The molecular formula is C46H53N4O7+. The van der Waals surface area contributed by atoms with E-state index in [0.29, 0.717) is 37.2 Å². The van der Waals surface area contributed by atoms with Crippen LogP contribution in [-0.2, 0) is 25.7 Å². The monoisotopic (exact) mass is 773 g/mol. The Morgan fingerprint density at radius 1 is 0.965 bits per heavy atom. The summed E-state index contributed by atoms with van der Waals surface area (Å²) in [4.78, 5) is 51.8. The van der Waals surface area contributed by atoms with Crippen molar-refractivity contribution < 1.29 is 38.7 Å². The number of aromatic nitrogens is 1. The van der Waals surface area contributed by atoms with Gasteiger partial charge in [-0.15, -0.1) is 0 Å². The fourth-order valence-electron chi connectivity index (χ4n) is 11.5. The van der Waals surface area contributed by atoms with Crippen LogP contribution in [0.15, 0.2) is 78.4 Å². The number of Topliss-reactive ketones (excluding diaryl/α,β-unsaturated/α-hetero) is 1. The summed E-state index contributed by atoms with van der Waals surface area (Å²) in [6.07, 6.45) is 4.04. The number of ketones is 2. The minimum Gasteiger partial charge on any atom is -0.441 e. The quantitative estimate of drug-likeness (QED) is 0.0738. The van der Waals surface area contributed by atoms with E-state index in [1.807, 2.05) is 61.5 Å². The van der Waals surface area contributed by atoms with Crippen molar-refractivity contribution in [1.82, 2.24) is 5.32 Å². The summed E-state index contributed by atoms with van der Waals surface area (Å²) in [6, 6.07) is 21.8. The van der Waals surface area contributed by atoms with Gasteiger partial charge in [-0.3, -0.25) is 14.4 Å². The molecule has 0 aliphatic heterocycles. The number of hydrogen-bond donors (Lipinski definition) is 5. The van der Waals surface area contributed by atoms with Crippen LogP contribution in [0.4, 0.5) is 16.2 Å². The van der Waals surface area contributed by atoms with E-state index in [1.54, 1.807) is 6.08 Å². The fourth-order valence-corrected chi connectivity index (χ4v) is 11.5. The lowest BCUT2D eigenvalue weighted by Gasteiger charge is -2.60. The number of ether oxygens (including phenoxy) is 1. The number of fused-ring (bicyclic) bond motifs is 8. The Balaban J connectivity index is 0.890. The summed E-state index contributed by atoms with van der Waals surface area (Å²) >= 11 is 0. The average molecular weight is 774 g/mol. The summed E-state index contributed by atoms with van der Waals surface area (Å²) in [5.74, 6) is -0.656. The highest BCUT2D eigenvalue weighted by atomic mass is 16.6. The van der Waals surface area contributed by atoms with E-state index in [-0.39, 0.29) is 60.7 Å². The molecule has 0 bridgehead atoms. The van der Waals surface area contributed by atoms with E-state index in [2.05, 4.69) is 41.2 Å². The number of pyridine rings is 1. The molecule has 298 valence electrons. The van der Waals surface area contributed by atoms with Gasteiger partial charge in [0.05, 0.1) is 16.9 Å². The van der Waals surface area contributed by atoms with Crippen LogP contribution in [0, 0.1) is 28.6 Å². The predicted octanol–water partition coefficient (Wildman–Crippen LogP) is 6.41. The molecule has 1 aromatic heterocycles. The third kappa shape index (κ3) is 6.49. The van der Waals surface area contributed by atoms with Gasteiger partial charge in [0.1, 0.15) is 12.1 Å². The van der Waals surface area contributed by atoms with Crippen LogP contribution in [0.2, 0.25) is 0 Å². The molecule has 1 heterocycles. The number of amides is 2. The van der Waals surface area contributed by atoms with Gasteiger partial charge in [-0.2, -0.15) is 4.57 Å². The summed E-state index contributed by atoms with van der Waals surface area (Å²) < 4.78 is 7.54. The summed E-state index contributed by atoms with van der Waals surface area (Å²) in [6.45, 7) is 6.22. The molecule has 57 heavy (non-hydrogen) atoms. The zero-order chi connectivity index (χ0) is 40.3. The molecule has 0 saturated heterocycles. The molecule has 4 aliphatic carbocycles. The van der Waals surface area contributed by atoms with Crippen molar-refractivity contribution in [3.8, 4) is 11.3 Å². The smallest absolute Gasteiger partial charge is 0.407 e. The van der Waals surface area contributed by atoms with Crippen molar-refractivity contribution >= 4 is 56.6 Å². The van der Waals surface area contributed by atoms with Crippen molar-refractivity contribution in [2.45, 2.75) is 90.4 Å². The first-order valence-corrected chi connectivity index (χ1v) is 20.4. The molecule has 0 spiro atoms. The number of alkyl carbamates (subject to hydrolysis) is 1. The number of hydrogen-bond acceptors (Lipinski definition) is 8. The summed E-state index contributed by atoms with van der Waals surface area (Å²) in [7, 11) is 0. The van der Waals surface area contributed by atoms with Crippen LogP contribution >= 0.6 is 0 Å². The molecule has 2 amide bonds. The molecule has 8 rings (SSSR count). The first-order valence-electron chi connectivity index (χ1n) is 20.4. The van der Waals surface area contributed by atoms with Gasteiger partial charge in [-0.1, -0.05) is 43.7 Å². The lowest BCUT2D eigenvalue weighted by atomic mass is 9.45. The lowest BCUT2D eigenvalue weighted by molar-refractivity contribution is -0.655. The molecule has 0 radical (unpaired) electrons. The fraction of sp³-hybridized carbons (Fsp3) is 0.457. The topological polar surface area (TPSA) is 172 Å². The van der Waals surface area contributed by atoms with Crippen LogP contribution in [-0.4, -0.2) is 58.6 Å². The Bertz CT molecular complexity index is 2330.